The Bertz CT molecular complexity index is 678. The third-order valence-corrected chi connectivity index (χ3v) is 2.78. The molecule has 0 aliphatic heterocycles. The van der Waals surface area contributed by atoms with Crippen LogP contribution in [0.2, 0.25) is 0 Å². The van der Waals surface area contributed by atoms with Gasteiger partial charge in [-0.1, -0.05) is 24.8 Å². The predicted octanol–water partition coefficient (Wildman–Crippen LogP) is 3.45. The van der Waals surface area contributed by atoms with Gasteiger partial charge in [0.25, 0.3) is 5.91 Å². The van der Waals surface area contributed by atoms with Crippen LogP contribution in [0.5, 0.6) is 11.5 Å². The lowest BCUT2D eigenvalue weighted by Crippen LogP contribution is -2.15. The van der Waals surface area contributed by atoms with Crippen LogP contribution in [-0.4, -0.2) is 17.0 Å². The molecule has 0 atom stereocenters. The van der Waals surface area contributed by atoms with Crippen molar-refractivity contribution in [2.24, 2.45) is 0 Å². The number of anilines is 1. The standard InChI is InChI=1S/C17H15NO4/c1-12(11-16(19)20)17(21)18-13-7-9-15(10-8-13)22-14-5-3-2-4-6-14/h2-10H,1,11H2,(H,18,21)(H,19,20). The average molecular weight is 297 g/mol. The molecule has 5 heteroatoms. The van der Waals surface area contributed by atoms with Gasteiger partial charge in [-0.05, 0) is 36.4 Å². The molecule has 0 aliphatic rings. The van der Waals surface area contributed by atoms with Crippen LogP contribution in [0, 0.1) is 0 Å². The van der Waals surface area contributed by atoms with Gasteiger partial charge in [-0.2, -0.15) is 0 Å². The fourth-order valence-corrected chi connectivity index (χ4v) is 1.71. The summed E-state index contributed by atoms with van der Waals surface area (Å²) in [7, 11) is 0. The quantitative estimate of drug-likeness (QED) is 0.801. The van der Waals surface area contributed by atoms with E-state index in [1.165, 1.54) is 0 Å². The molecule has 2 rings (SSSR count). The number of rotatable bonds is 6. The van der Waals surface area contributed by atoms with Gasteiger partial charge >= 0.3 is 5.97 Å². The third-order valence-electron chi connectivity index (χ3n) is 2.78. The van der Waals surface area contributed by atoms with Gasteiger partial charge < -0.3 is 15.2 Å². The molecule has 0 fully saturated rings. The molecular formula is C17H15NO4. The molecule has 0 saturated heterocycles. The zero-order chi connectivity index (χ0) is 15.9. The van der Waals surface area contributed by atoms with Crippen LogP contribution in [0.3, 0.4) is 0 Å². The SMILES string of the molecule is C=C(CC(=O)O)C(=O)Nc1ccc(Oc2ccccc2)cc1. The smallest absolute Gasteiger partial charge is 0.308 e. The lowest BCUT2D eigenvalue weighted by atomic mass is 10.2. The number of carbonyl (C=O) groups excluding carboxylic acids is 1. The Morgan fingerprint density at radius 2 is 1.59 bits per heavy atom. The summed E-state index contributed by atoms with van der Waals surface area (Å²) in [6.45, 7) is 3.45. The normalized spacial score (nSPS) is 9.82. The zero-order valence-electron chi connectivity index (χ0n) is 11.8. The Balaban J connectivity index is 1.96. The van der Waals surface area contributed by atoms with E-state index in [0.29, 0.717) is 17.2 Å². The lowest BCUT2D eigenvalue weighted by Gasteiger charge is -2.08. The number of carboxylic acids is 1. The first-order chi connectivity index (χ1) is 10.5. The highest BCUT2D eigenvalue weighted by atomic mass is 16.5. The minimum Gasteiger partial charge on any atom is -0.481 e. The maximum Gasteiger partial charge on any atom is 0.308 e. The van der Waals surface area contributed by atoms with Gasteiger partial charge in [0.2, 0.25) is 0 Å². The molecule has 0 aromatic heterocycles. The zero-order valence-corrected chi connectivity index (χ0v) is 11.8. The van der Waals surface area contributed by atoms with E-state index >= 15 is 0 Å². The molecule has 0 heterocycles. The van der Waals surface area contributed by atoms with Crippen molar-refractivity contribution in [1.82, 2.24) is 0 Å². The van der Waals surface area contributed by atoms with E-state index in [9.17, 15) is 9.59 Å². The second-order valence-electron chi connectivity index (χ2n) is 4.57. The minimum absolute atomic E-state index is 0.00267. The molecule has 2 N–H and O–H groups in total. The van der Waals surface area contributed by atoms with Gasteiger partial charge in [0.15, 0.2) is 0 Å². The second-order valence-corrected chi connectivity index (χ2v) is 4.57. The molecule has 5 nitrogen and oxygen atoms in total. The van der Waals surface area contributed by atoms with Crippen molar-refractivity contribution in [3.8, 4) is 11.5 Å². The van der Waals surface area contributed by atoms with Gasteiger partial charge in [-0.3, -0.25) is 9.59 Å². The maximum absolute atomic E-state index is 11.7. The van der Waals surface area contributed by atoms with E-state index in [1.807, 2.05) is 30.3 Å². The number of hydrogen-bond donors (Lipinski definition) is 2. The summed E-state index contributed by atoms with van der Waals surface area (Å²) in [6.07, 6.45) is -0.388. The molecule has 0 unspecified atom stereocenters. The predicted molar refractivity (Wildman–Crippen MR) is 83.0 cm³/mol. The van der Waals surface area contributed by atoms with Crippen molar-refractivity contribution in [2.45, 2.75) is 6.42 Å². The second kappa shape index (κ2) is 7.08. The van der Waals surface area contributed by atoms with Crippen LogP contribution in [-0.2, 0) is 9.59 Å². The van der Waals surface area contributed by atoms with Crippen molar-refractivity contribution in [1.29, 1.82) is 0 Å². The number of aliphatic carboxylic acids is 1. The molecule has 22 heavy (non-hydrogen) atoms. The summed E-state index contributed by atoms with van der Waals surface area (Å²) in [5, 5.41) is 11.2. The molecule has 2 aromatic rings. The van der Waals surface area contributed by atoms with Crippen molar-refractivity contribution in [3.63, 3.8) is 0 Å². The highest BCUT2D eigenvalue weighted by Gasteiger charge is 2.11. The summed E-state index contributed by atoms with van der Waals surface area (Å²) in [5.74, 6) is -0.256. The number of carboxylic acid groups (broad SMARTS) is 1. The van der Waals surface area contributed by atoms with E-state index in [2.05, 4.69) is 11.9 Å². The highest BCUT2D eigenvalue weighted by molar-refractivity contribution is 6.05. The first-order valence-electron chi connectivity index (χ1n) is 6.58. The fourth-order valence-electron chi connectivity index (χ4n) is 1.71. The number of hydrogen-bond acceptors (Lipinski definition) is 3. The van der Waals surface area contributed by atoms with Crippen molar-refractivity contribution in [2.75, 3.05) is 5.32 Å². The minimum atomic E-state index is -1.09. The Kier molecular flexibility index (Phi) is 4.93. The van der Waals surface area contributed by atoms with Crippen LogP contribution >= 0.6 is 0 Å². The summed E-state index contributed by atoms with van der Waals surface area (Å²) >= 11 is 0. The molecule has 0 radical (unpaired) electrons. The first-order valence-corrected chi connectivity index (χ1v) is 6.58. The van der Waals surface area contributed by atoms with Crippen LogP contribution < -0.4 is 10.1 Å². The van der Waals surface area contributed by atoms with Crippen LogP contribution in [0.15, 0.2) is 66.7 Å². The number of amides is 1. The topological polar surface area (TPSA) is 75.6 Å². The van der Waals surface area contributed by atoms with Gasteiger partial charge in [-0.15, -0.1) is 0 Å². The molecule has 0 aliphatic carbocycles. The van der Waals surface area contributed by atoms with E-state index in [-0.39, 0.29) is 12.0 Å². The van der Waals surface area contributed by atoms with Crippen LogP contribution in [0.1, 0.15) is 6.42 Å². The van der Waals surface area contributed by atoms with E-state index < -0.39 is 11.9 Å². The maximum atomic E-state index is 11.7. The van der Waals surface area contributed by atoms with Gasteiger partial charge in [0.05, 0.1) is 6.42 Å². The number of carbonyl (C=O) groups is 2. The monoisotopic (exact) mass is 297 g/mol. The lowest BCUT2D eigenvalue weighted by molar-refractivity contribution is -0.136. The summed E-state index contributed by atoms with van der Waals surface area (Å²) in [6, 6.07) is 16.1. The van der Waals surface area contributed by atoms with E-state index in [1.54, 1.807) is 24.3 Å². The largest absolute Gasteiger partial charge is 0.481 e. The van der Waals surface area contributed by atoms with Crippen molar-refractivity contribution >= 4 is 17.6 Å². The Hall–Kier alpha value is -3.08. The number of nitrogens with one attached hydrogen (secondary N) is 1. The Morgan fingerprint density at radius 3 is 2.18 bits per heavy atom. The average Bonchev–Trinajstić information content (AvgIpc) is 2.49. The van der Waals surface area contributed by atoms with Crippen molar-refractivity contribution < 1.29 is 19.4 Å². The first kappa shape index (κ1) is 15.3. The molecule has 112 valence electrons. The Morgan fingerprint density at radius 1 is 1.00 bits per heavy atom. The molecule has 2 aromatic carbocycles. The van der Waals surface area contributed by atoms with E-state index in [0.717, 1.165) is 0 Å². The van der Waals surface area contributed by atoms with Crippen LogP contribution in [0.25, 0.3) is 0 Å². The van der Waals surface area contributed by atoms with E-state index in [4.69, 9.17) is 9.84 Å². The van der Waals surface area contributed by atoms with Gasteiger partial charge in [0.1, 0.15) is 11.5 Å². The van der Waals surface area contributed by atoms with Crippen LogP contribution in [0.4, 0.5) is 5.69 Å². The Labute approximate surface area is 127 Å². The fraction of sp³-hybridized carbons (Fsp3) is 0.0588. The molecule has 0 spiro atoms. The summed E-state index contributed by atoms with van der Waals surface area (Å²) < 4.78 is 5.63. The molecular weight excluding hydrogens is 282 g/mol. The van der Waals surface area contributed by atoms with Gasteiger partial charge in [-0.25, -0.2) is 0 Å². The molecule has 0 saturated carbocycles. The molecule has 0 bridgehead atoms. The number of ether oxygens (including phenoxy) is 1. The highest BCUT2D eigenvalue weighted by Crippen LogP contribution is 2.22. The van der Waals surface area contributed by atoms with Gasteiger partial charge in [0, 0.05) is 11.3 Å². The third kappa shape index (κ3) is 4.49. The summed E-state index contributed by atoms with van der Waals surface area (Å²) in [5.41, 5.74) is 0.536. The van der Waals surface area contributed by atoms with Crippen molar-refractivity contribution in [3.05, 3.63) is 66.7 Å². The number of para-hydroxylation sites is 1. The molecule has 1 amide bonds. The summed E-state index contributed by atoms with van der Waals surface area (Å²) in [4.78, 5) is 22.2. The number of benzene rings is 2.